The molecular weight excluding hydrogens is 202 g/mol. The second-order valence-electron chi connectivity index (χ2n) is 4.32. The Labute approximate surface area is 96.8 Å². The highest BCUT2D eigenvalue weighted by molar-refractivity contribution is 5.46. The van der Waals surface area contributed by atoms with Crippen LogP contribution in [0.1, 0.15) is 17.5 Å². The summed E-state index contributed by atoms with van der Waals surface area (Å²) in [5.74, 6) is 1.69. The lowest BCUT2D eigenvalue weighted by atomic mass is 10.1. The topological polar surface area (TPSA) is 30.5 Å². The molecule has 0 spiro atoms. The van der Waals surface area contributed by atoms with Gasteiger partial charge < -0.3 is 14.8 Å². The van der Waals surface area contributed by atoms with Crippen LogP contribution in [0.15, 0.2) is 12.1 Å². The first-order valence-electron chi connectivity index (χ1n) is 5.73. The van der Waals surface area contributed by atoms with E-state index in [9.17, 15) is 0 Å². The summed E-state index contributed by atoms with van der Waals surface area (Å²) in [5, 5.41) is 3.29. The molecule has 1 aromatic rings. The minimum Gasteiger partial charge on any atom is -0.493 e. The number of aryl methyl sites for hydroxylation is 2. The Bertz CT molecular complexity index is 370. The van der Waals surface area contributed by atoms with E-state index in [0.717, 1.165) is 31.0 Å². The largest absolute Gasteiger partial charge is 0.493 e. The van der Waals surface area contributed by atoms with Gasteiger partial charge in [0.15, 0.2) is 11.5 Å². The second kappa shape index (κ2) is 4.74. The first-order chi connectivity index (χ1) is 7.70. The van der Waals surface area contributed by atoms with Crippen molar-refractivity contribution in [2.45, 2.75) is 26.4 Å². The van der Waals surface area contributed by atoms with E-state index in [1.807, 2.05) is 6.07 Å². The summed E-state index contributed by atoms with van der Waals surface area (Å²) in [4.78, 5) is 0. The number of ether oxygens (including phenoxy) is 2. The van der Waals surface area contributed by atoms with Gasteiger partial charge in [-0.15, -0.1) is 0 Å². The van der Waals surface area contributed by atoms with Crippen molar-refractivity contribution in [2.24, 2.45) is 0 Å². The van der Waals surface area contributed by atoms with Crippen LogP contribution in [-0.2, 0) is 0 Å². The molecule has 1 atom stereocenters. The first kappa shape index (κ1) is 11.3. The lowest BCUT2D eigenvalue weighted by molar-refractivity contribution is 0.212. The van der Waals surface area contributed by atoms with Crippen LogP contribution in [0.4, 0.5) is 0 Å². The number of hydrogen-bond acceptors (Lipinski definition) is 3. The summed E-state index contributed by atoms with van der Waals surface area (Å²) in [6, 6.07) is 4.10. The summed E-state index contributed by atoms with van der Waals surface area (Å²) in [6.07, 6.45) is 1.34. The molecule has 1 saturated heterocycles. The molecule has 0 saturated carbocycles. The van der Waals surface area contributed by atoms with Crippen molar-refractivity contribution in [3.63, 3.8) is 0 Å². The van der Waals surface area contributed by atoms with Crippen LogP contribution in [0.3, 0.4) is 0 Å². The van der Waals surface area contributed by atoms with Crippen LogP contribution in [-0.4, -0.2) is 26.3 Å². The number of hydrogen-bond donors (Lipinski definition) is 1. The van der Waals surface area contributed by atoms with Crippen molar-refractivity contribution in [1.29, 1.82) is 0 Å². The smallest absolute Gasteiger partial charge is 0.161 e. The molecule has 1 aliphatic rings. The van der Waals surface area contributed by atoms with E-state index in [0.29, 0.717) is 0 Å². The van der Waals surface area contributed by atoms with Crippen molar-refractivity contribution in [2.75, 3.05) is 20.2 Å². The summed E-state index contributed by atoms with van der Waals surface area (Å²) >= 11 is 0. The van der Waals surface area contributed by atoms with Crippen molar-refractivity contribution in [3.05, 3.63) is 23.3 Å². The molecule has 0 aromatic heterocycles. The molecular formula is C13H19NO2. The van der Waals surface area contributed by atoms with Crippen LogP contribution in [0.2, 0.25) is 0 Å². The third kappa shape index (κ3) is 2.30. The van der Waals surface area contributed by atoms with Crippen molar-refractivity contribution in [1.82, 2.24) is 5.32 Å². The third-order valence-corrected chi connectivity index (χ3v) is 3.09. The van der Waals surface area contributed by atoms with Gasteiger partial charge in [0.2, 0.25) is 0 Å². The summed E-state index contributed by atoms with van der Waals surface area (Å²) in [7, 11) is 1.68. The molecule has 1 aromatic carbocycles. The van der Waals surface area contributed by atoms with E-state index < -0.39 is 0 Å². The molecule has 1 fully saturated rings. The Morgan fingerprint density at radius 2 is 1.88 bits per heavy atom. The molecule has 0 aliphatic carbocycles. The fourth-order valence-electron chi connectivity index (χ4n) is 1.92. The van der Waals surface area contributed by atoms with Gasteiger partial charge in [0.1, 0.15) is 6.10 Å². The maximum atomic E-state index is 5.95. The molecule has 0 amide bonds. The monoisotopic (exact) mass is 221 g/mol. The highest BCUT2D eigenvalue weighted by Gasteiger charge is 2.18. The fourth-order valence-corrected chi connectivity index (χ4v) is 1.92. The zero-order valence-corrected chi connectivity index (χ0v) is 10.2. The average Bonchev–Trinajstić information content (AvgIpc) is 2.76. The van der Waals surface area contributed by atoms with E-state index in [1.165, 1.54) is 11.1 Å². The SMILES string of the molecule is COc1cc(C)c(C)cc1OC1CCNC1. The number of methoxy groups -OCH3 is 1. The van der Waals surface area contributed by atoms with Gasteiger partial charge in [-0.05, 0) is 50.1 Å². The molecule has 1 N–H and O–H groups in total. The molecule has 1 unspecified atom stereocenters. The van der Waals surface area contributed by atoms with Crippen molar-refractivity contribution < 1.29 is 9.47 Å². The molecule has 16 heavy (non-hydrogen) atoms. The van der Waals surface area contributed by atoms with E-state index in [2.05, 4.69) is 25.2 Å². The minimum atomic E-state index is 0.274. The Kier molecular flexibility index (Phi) is 3.34. The normalized spacial score (nSPS) is 19.8. The quantitative estimate of drug-likeness (QED) is 0.847. The molecule has 1 heterocycles. The predicted octanol–water partition coefficient (Wildman–Crippen LogP) is 2.05. The molecule has 1 aliphatic heterocycles. The Balaban J connectivity index is 2.20. The molecule has 88 valence electrons. The highest BCUT2D eigenvalue weighted by atomic mass is 16.5. The van der Waals surface area contributed by atoms with Gasteiger partial charge in [0, 0.05) is 6.54 Å². The molecule has 0 radical (unpaired) electrons. The van der Waals surface area contributed by atoms with Crippen molar-refractivity contribution >= 4 is 0 Å². The fraction of sp³-hybridized carbons (Fsp3) is 0.538. The highest BCUT2D eigenvalue weighted by Crippen LogP contribution is 2.31. The van der Waals surface area contributed by atoms with Crippen LogP contribution in [0.25, 0.3) is 0 Å². The zero-order valence-electron chi connectivity index (χ0n) is 10.2. The van der Waals surface area contributed by atoms with Gasteiger partial charge in [0.05, 0.1) is 7.11 Å². The zero-order chi connectivity index (χ0) is 11.5. The first-order valence-corrected chi connectivity index (χ1v) is 5.73. The Morgan fingerprint density at radius 3 is 2.44 bits per heavy atom. The second-order valence-corrected chi connectivity index (χ2v) is 4.32. The number of rotatable bonds is 3. The van der Waals surface area contributed by atoms with Crippen LogP contribution in [0.5, 0.6) is 11.5 Å². The summed E-state index contributed by atoms with van der Waals surface area (Å²) < 4.78 is 11.3. The van der Waals surface area contributed by atoms with Gasteiger partial charge in [0.25, 0.3) is 0 Å². The van der Waals surface area contributed by atoms with Gasteiger partial charge in [-0.3, -0.25) is 0 Å². The molecule has 3 heteroatoms. The molecule has 2 rings (SSSR count). The lowest BCUT2D eigenvalue weighted by Gasteiger charge is -2.16. The van der Waals surface area contributed by atoms with Crippen LogP contribution >= 0.6 is 0 Å². The maximum absolute atomic E-state index is 5.95. The van der Waals surface area contributed by atoms with E-state index in [4.69, 9.17) is 9.47 Å². The van der Waals surface area contributed by atoms with Gasteiger partial charge in [-0.25, -0.2) is 0 Å². The average molecular weight is 221 g/mol. The maximum Gasteiger partial charge on any atom is 0.161 e. The van der Waals surface area contributed by atoms with E-state index in [-0.39, 0.29) is 6.10 Å². The van der Waals surface area contributed by atoms with Gasteiger partial charge in [-0.1, -0.05) is 0 Å². The van der Waals surface area contributed by atoms with Crippen molar-refractivity contribution in [3.8, 4) is 11.5 Å². The standard InChI is InChI=1S/C13H19NO2/c1-9-6-12(15-3)13(7-10(9)2)16-11-4-5-14-8-11/h6-7,11,14H,4-5,8H2,1-3H3. The molecule has 0 bridgehead atoms. The number of benzene rings is 1. The van der Waals surface area contributed by atoms with E-state index >= 15 is 0 Å². The number of nitrogens with one attached hydrogen (secondary N) is 1. The van der Waals surface area contributed by atoms with E-state index in [1.54, 1.807) is 7.11 Å². The lowest BCUT2D eigenvalue weighted by Crippen LogP contribution is -2.19. The Morgan fingerprint density at radius 1 is 1.19 bits per heavy atom. The minimum absolute atomic E-state index is 0.274. The van der Waals surface area contributed by atoms with Gasteiger partial charge in [-0.2, -0.15) is 0 Å². The summed E-state index contributed by atoms with van der Waals surface area (Å²) in [5.41, 5.74) is 2.47. The van der Waals surface area contributed by atoms with Crippen LogP contribution < -0.4 is 14.8 Å². The van der Waals surface area contributed by atoms with Gasteiger partial charge >= 0.3 is 0 Å². The van der Waals surface area contributed by atoms with Crippen LogP contribution in [0, 0.1) is 13.8 Å². The molecule has 3 nitrogen and oxygen atoms in total. The third-order valence-electron chi connectivity index (χ3n) is 3.09. The summed E-state index contributed by atoms with van der Waals surface area (Å²) in [6.45, 7) is 6.14. The Hall–Kier alpha value is -1.22. The predicted molar refractivity (Wildman–Crippen MR) is 64.4 cm³/mol.